The molecule has 1 rings (SSSR count). The van der Waals surface area contributed by atoms with Crippen molar-refractivity contribution < 1.29 is 0 Å². The summed E-state index contributed by atoms with van der Waals surface area (Å²) in [6.07, 6.45) is 0.972. The Balaban J connectivity index is 0.000000291. The monoisotopic (exact) mass is 126 g/mol. The van der Waals surface area contributed by atoms with Crippen molar-refractivity contribution >= 4 is 11.4 Å². The van der Waals surface area contributed by atoms with Crippen LogP contribution in [-0.2, 0) is 0 Å². The van der Waals surface area contributed by atoms with Gasteiger partial charge in [-0.15, -0.1) is 0 Å². The summed E-state index contributed by atoms with van der Waals surface area (Å²) in [6.45, 7) is 7.97. The van der Waals surface area contributed by atoms with Gasteiger partial charge in [0.25, 0.3) is 0 Å². The van der Waals surface area contributed by atoms with Crippen LogP contribution in [0.1, 0.15) is 34.1 Å². The molecule has 0 aromatic heterocycles. The van der Waals surface area contributed by atoms with Crippen molar-refractivity contribution in [3.05, 3.63) is 0 Å². The van der Waals surface area contributed by atoms with E-state index in [2.05, 4.69) is 10.2 Å². The highest BCUT2D eigenvalue weighted by Crippen LogP contribution is 1.98. The average molecular weight is 126 g/mol. The minimum atomic E-state index is 0.972. The molecule has 0 N–H and O–H groups in total. The third kappa shape index (κ3) is 3.01. The molecule has 1 heterocycles. The lowest BCUT2D eigenvalue weighted by Crippen LogP contribution is -1.90. The first-order valence-corrected chi connectivity index (χ1v) is 3.35. The van der Waals surface area contributed by atoms with E-state index in [0.29, 0.717) is 0 Å². The van der Waals surface area contributed by atoms with Crippen LogP contribution in [0.25, 0.3) is 0 Å². The van der Waals surface area contributed by atoms with E-state index in [1.807, 2.05) is 27.7 Å². The van der Waals surface area contributed by atoms with Crippen LogP contribution in [0.4, 0.5) is 0 Å². The van der Waals surface area contributed by atoms with Crippen LogP contribution in [0.3, 0.4) is 0 Å². The summed E-state index contributed by atoms with van der Waals surface area (Å²) < 4.78 is 0. The van der Waals surface area contributed by atoms with Crippen molar-refractivity contribution in [3.63, 3.8) is 0 Å². The second-order valence-corrected chi connectivity index (χ2v) is 1.85. The Bertz CT molecular complexity index is 118. The number of hydrogen-bond acceptors (Lipinski definition) is 2. The summed E-state index contributed by atoms with van der Waals surface area (Å²) in [5.41, 5.74) is 2.25. The van der Waals surface area contributed by atoms with Crippen LogP contribution >= 0.6 is 0 Å². The lowest BCUT2D eigenvalue weighted by molar-refractivity contribution is 1.26. The van der Waals surface area contributed by atoms with Crippen LogP contribution in [0.2, 0.25) is 0 Å². The van der Waals surface area contributed by atoms with Crippen molar-refractivity contribution in [1.29, 1.82) is 0 Å². The maximum absolute atomic E-state index is 3.82. The van der Waals surface area contributed by atoms with E-state index in [4.69, 9.17) is 0 Å². The molecule has 0 saturated carbocycles. The number of hydrogen-bond donors (Lipinski definition) is 0. The second kappa shape index (κ2) is 4.24. The van der Waals surface area contributed by atoms with Gasteiger partial charge in [-0.2, -0.15) is 10.2 Å². The quantitative estimate of drug-likeness (QED) is 0.475. The van der Waals surface area contributed by atoms with Crippen molar-refractivity contribution in [1.82, 2.24) is 0 Å². The zero-order valence-corrected chi connectivity index (χ0v) is 6.60. The third-order valence-corrected chi connectivity index (χ3v) is 0.903. The van der Waals surface area contributed by atoms with Crippen LogP contribution in [0.5, 0.6) is 0 Å². The summed E-state index contributed by atoms with van der Waals surface area (Å²) in [5.74, 6) is 0. The maximum Gasteiger partial charge on any atom is 0.0431 e. The fraction of sp³-hybridized carbons (Fsp3) is 0.714. The maximum atomic E-state index is 3.82. The molecule has 0 fully saturated rings. The molecule has 0 spiro atoms. The van der Waals surface area contributed by atoms with E-state index >= 15 is 0 Å². The lowest BCUT2D eigenvalue weighted by atomic mass is 10.2. The topological polar surface area (TPSA) is 24.7 Å². The Labute approximate surface area is 56.7 Å². The molecule has 1 aliphatic rings. The first-order valence-electron chi connectivity index (χ1n) is 3.35. The predicted octanol–water partition coefficient (Wildman–Crippen LogP) is 2.25. The second-order valence-electron chi connectivity index (χ2n) is 1.85. The average Bonchev–Trinajstić information content (AvgIpc) is 2.20. The zero-order valence-electron chi connectivity index (χ0n) is 6.60. The summed E-state index contributed by atoms with van der Waals surface area (Å²) >= 11 is 0. The molecule has 0 atom stereocenters. The fourth-order valence-electron chi connectivity index (χ4n) is 0.612. The Morgan fingerprint density at radius 2 is 1.33 bits per heavy atom. The molecular weight excluding hydrogens is 112 g/mol. The molecule has 0 aliphatic carbocycles. The summed E-state index contributed by atoms with van der Waals surface area (Å²) in [4.78, 5) is 0. The molecule has 2 heteroatoms. The van der Waals surface area contributed by atoms with Gasteiger partial charge in [-0.25, -0.2) is 0 Å². The Morgan fingerprint density at radius 3 is 1.44 bits per heavy atom. The number of rotatable bonds is 0. The Morgan fingerprint density at radius 1 is 1.00 bits per heavy atom. The van der Waals surface area contributed by atoms with Gasteiger partial charge >= 0.3 is 0 Å². The molecule has 0 aromatic carbocycles. The van der Waals surface area contributed by atoms with Gasteiger partial charge in [0.1, 0.15) is 0 Å². The summed E-state index contributed by atoms with van der Waals surface area (Å²) in [7, 11) is 0. The van der Waals surface area contributed by atoms with Crippen molar-refractivity contribution in [2.75, 3.05) is 0 Å². The molecule has 0 aromatic rings. The van der Waals surface area contributed by atoms with Gasteiger partial charge in [-0.3, -0.25) is 0 Å². The van der Waals surface area contributed by atoms with E-state index in [-0.39, 0.29) is 0 Å². The molecular formula is C7H14N2. The molecule has 52 valence electrons. The van der Waals surface area contributed by atoms with Gasteiger partial charge in [0, 0.05) is 17.8 Å². The highest BCUT2D eigenvalue weighted by Gasteiger charge is 1.99. The molecule has 0 bridgehead atoms. The van der Waals surface area contributed by atoms with Crippen LogP contribution in [-0.4, -0.2) is 11.4 Å². The first kappa shape index (κ1) is 8.34. The largest absolute Gasteiger partial charge is 0.160 e. The zero-order chi connectivity index (χ0) is 7.28. The summed E-state index contributed by atoms with van der Waals surface area (Å²) in [6, 6.07) is 0. The lowest BCUT2D eigenvalue weighted by Gasteiger charge is -1.80. The third-order valence-electron chi connectivity index (χ3n) is 0.903. The smallest absolute Gasteiger partial charge is 0.0431 e. The van der Waals surface area contributed by atoms with E-state index in [9.17, 15) is 0 Å². The highest BCUT2D eigenvalue weighted by atomic mass is 15.2. The van der Waals surface area contributed by atoms with Gasteiger partial charge in [-0.05, 0) is 13.8 Å². The first-order chi connectivity index (χ1) is 4.29. The minimum Gasteiger partial charge on any atom is -0.160 e. The van der Waals surface area contributed by atoms with Gasteiger partial charge in [0.2, 0.25) is 0 Å². The normalized spacial score (nSPS) is 15.6. The van der Waals surface area contributed by atoms with Gasteiger partial charge in [0.05, 0.1) is 0 Å². The SMILES string of the molecule is CC.CC1=NN=C(C)C1. The van der Waals surface area contributed by atoms with Gasteiger partial charge < -0.3 is 0 Å². The van der Waals surface area contributed by atoms with Crippen molar-refractivity contribution in [2.45, 2.75) is 34.1 Å². The van der Waals surface area contributed by atoms with Crippen LogP contribution in [0, 0.1) is 0 Å². The standard InChI is InChI=1S/C5H8N2.C2H6/c1-4-3-5(2)7-6-4;1-2/h3H2,1-2H3;1-2H3. The van der Waals surface area contributed by atoms with E-state index in [1.54, 1.807) is 0 Å². The van der Waals surface area contributed by atoms with E-state index in [0.717, 1.165) is 17.8 Å². The van der Waals surface area contributed by atoms with Crippen molar-refractivity contribution in [3.8, 4) is 0 Å². The molecule has 0 radical (unpaired) electrons. The molecule has 0 saturated heterocycles. The van der Waals surface area contributed by atoms with Gasteiger partial charge in [-0.1, -0.05) is 13.8 Å². The minimum absolute atomic E-state index is 0.972. The predicted molar refractivity (Wildman–Crippen MR) is 42.2 cm³/mol. The molecule has 1 aliphatic heterocycles. The molecule has 2 nitrogen and oxygen atoms in total. The van der Waals surface area contributed by atoms with Crippen LogP contribution < -0.4 is 0 Å². The Kier molecular flexibility index (Phi) is 3.93. The van der Waals surface area contributed by atoms with Crippen LogP contribution in [0.15, 0.2) is 10.2 Å². The van der Waals surface area contributed by atoms with E-state index in [1.165, 1.54) is 0 Å². The van der Waals surface area contributed by atoms with Gasteiger partial charge in [0.15, 0.2) is 0 Å². The molecule has 9 heavy (non-hydrogen) atoms. The highest BCUT2D eigenvalue weighted by molar-refractivity contribution is 6.05. The molecule has 0 amide bonds. The summed E-state index contributed by atoms with van der Waals surface area (Å²) in [5, 5.41) is 7.64. The Hall–Kier alpha value is -0.660. The van der Waals surface area contributed by atoms with Crippen molar-refractivity contribution in [2.24, 2.45) is 10.2 Å². The van der Waals surface area contributed by atoms with E-state index < -0.39 is 0 Å². The molecule has 0 unspecified atom stereocenters. The number of nitrogens with zero attached hydrogens (tertiary/aromatic N) is 2. The fourth-order valence-corrected chi connectivity index (χ4v) is 0.612.